The molecule has 1 aliphatic rings. The van der Waals surface area contributed by atoms with Gasteiger partial charge in [-0.3, -0.25) is 14.9 Å². The number of ether oxygens (including phenoxy) is 1. The first-order valence-corrected chi connectivity index (χ1v) is 8.33. The van der Waals surface area contributed by atoms with E-state index < -0.39 is 22.3 Å². The average molecular weight is 374 g/mol. The van der Waals surface area contributed by atoms with E-state index in [4.69, 9.17) is 10.5 Å². The van der Waals surface area contributed by atoms with Crippen LogP contribution in [0.2, 0.25) is 0 Å². The first-order chi connectivity index (χ1) is 12.9. The molecule has 0 aliphatic carbocycles. The minimum Gasteiger partial charge on any atom is -0.495 e. The minimum atomic E-state index is -0.869. The Morgan fingerprint density at radius 2 is 1.89 bits per heavy atom. The quantitative estimate of drug-likeness (QED) is 0.500. The molecule has 0 radical (unpaired) electrons. The predicted octanol–water partition coefficient (Wildman–Crippen LogP) is 2.29. The highest BCUT2D eigenvalue weighted by Gasteiger charge is 2.28. The molecule has 1 heterocycles. The number of methoxy groups -OCH3 is 1. The Hall–Kier alpha value is -3.36. The van der Waals surface area contributed by atoms with Crippen LogP contribution in [0.3, 0.4) is 0 Å². The summed E-state index contributed by atoms with van der Waals surface area (Å²) in [6.07, 6.45) is 0. The fourth-order valence-corrected chi connectivity index (χ4v) is 3.14. The lowest BCUT2D eigenvalue weighted by Crippen LogP contribution is -2.49. The molecule has 142 valence electrons. The smallest absolute Gasteiger partial charge is 0.295 e. The average Bonchev–Trinajstić information content (AvgIpc) is 2.68. The van der Waals surface area contributed by atoms with Crippen molar-refractivity contribution < 1.29 is 18.8 Å². The Labute approximate surface area is 155 Å². The van der Waals surface area contributed by atoms with Gasteiger partial charge in [0.25, 0.3) is 11.6 Å². The zero-order valence-electron chi connectivity index (χ0n) is 14.7. The molecule has 0 spiro atoms. The number of nitrogens with zero attached hydrogens (tertiary/aromatic N) is 3. The summed E-state index contributed by atoms with van der Waals surface area (Å²) in [5.74, 6) is -0.649. The number of piperazine rings is 1. The summed E-state index contributed by atoms with van der Waals surface area (Å²) < 4.78 is 19.1. The molecule has 0 bridgehead atoms. The van der Waals surface area contributed by atoms with Crippen molar-refractivity contribution in [2.45, 2.75) is 0 Å². The maximum atomic E-state index is 13.7. The number of rotatable bonds is 4. The molecule has 1 fully saturated rings. The number of halogens is 1. The molecule has 2 N–H and O–H groups in total. The standard InChI is InChI=1S/C18H19FN4O4/c1-27-16-5-3-2-4-14(16)21-6-8-22(9-7-21)18(24)13-10-12(19)11-15(17(13)20)23(25)26/h2-5,10-11H,6-9,20H2,1H3. The van der Waals surface area contributed by atoms with E-state index in [-0.39, 0.29) is 11.3 Å². The number of hydrogen-bond donors (Lipinski definition) is 1. The van der Waals surface area contributed by atoms with Crippen molar-refractivity contribution in [3.63, 3.8) is 0 Å². The van der Waals surface area contributed by atoms with Crippen LogP contribution >= 0.6 is 0 Å². The summed E-state index contributed by atoms with van der Waals surface area (Å²) in [4.78, 5) is 26.5. The highest BCUT2D eigenvalue weighted by molar-refractivity contribution is 6.01. The van der Waals surface area contributed by atoms with Gasteiger partial charge in [-0.2, -0.15) is 0 Å². The van der Waals surface area contributed by atoms with E-state index in [1.54, 1.807) is 7.11 Å². The predicted molar refractivity (Wildman–Crippen MR) is 98.6 cm³/mol. The van der Waals surface area contributed by atoms with Crippen LogP contribution in [0.1, 0.15) is 10.4 Å². The zero-order chi connectivity index (χ0) is 19.6. The summed E-state index contributed by atoms with van der Waals surface area (Å²) in [6.45, 7) is 1.84. The minimum absolute atomic E-state index is 0.188. The Morgan fingerprint density at radius 1 is 1.22 bits per heavy atom. The zero-order valence-corrected chi connectivity index (χ0v) is 14.7. The summed E-state index contributed by atoms with van der Waals surface area (Å²) in [5.41, 5.74) is 5.54. The van der Waals surface area contributed by atoms with Crippen molar-refractivity contribution >= 4 is 23.0 Å². The van der Waals surface area contributed by atoms with Crippen LogP contribution in [0.15, 0.2) is 36.4 Å². The second kappa shape index (κ2) is 7.48. The van der Waals surface area contributed by atoms with Crippen molar-refractivity contribution in [3.8, 4) is 5.75 Å². The first-order valence-electron chi connectivity index (χ1n) is 8.33. The first kappa shape index (κ1) is 18.4. The summed E-state index contributed by atoms with van der Waals surface area (Å²) in [7, 11) is 1.60. The number of para-hydroxylation sites is 2. The van der Waals surface area contributed by atoms with E-state index in [1.165, 1.54) is 4.90 Å². The van der Waals surface area contributed by atoms with Crippen molar-refractivity contribution in [3.05, 3.63) is 57.9 Å². The Balaban J connectivity index is 1.77. The third kappa shape index (κ3) is 3.62. The van der Waals surface area contributed by atoms with Gasteiger partial charge in [-0.25, -0.2) is 4.39 Å². The number of amides is 1. The van der Waals surface area contributed by atoms with E-state index in [0.29, 0.717) is 32.2 Å². The molecule has 27 heavy (non-hydrogen) atoms. The Bertz CT molecular complexity index is 882. The van der Waals surface area contributed by atoms with Gasteiger partial charge in [-0.05, 0) is 18.2 Å². The largest absolute Gasteiger partial charge is 0.495 e. The van der Waals surface area contributed by atoms with Crippen molar-refractivity contribution in [2.24, 2.45) is 0 Å². The Kier molecular flexibility index (Phi) is 5.11. The Morgan fingerprint density at radius 3 is 2.52 bits per heavy atom. The molecule has 0 saturated carbocycles. The summed E-state index contributed by atoms with van der Waals surface area (Å²) >= 11 is 0. The number of carbonyl (C=O) groups excluding carboxylic acids is 1. The molecule has 8 nitrogen and oxygen atoms in total. The number of carbonyl (C=O) groups is 1. The maximum Gasteiger partial charge on any atom is 0.295 e. The van der Waals surface area contributed by atoms with Crippen LogP contribution in [0.4, 0.5) is 21.5 Å². The van der Waals surface area contributed by atoms with Crippen molar-refractivity contribution in [1.29, 1.82) is 0 Å². The lowest BCUT2D eigenvalue weighted by molar-refractivity contribution is -0.384. The molecular weight excluding hydrogens is 355 g/mol. The lowest BCUT2D eigenvalue weighted by atomic mass is 10.1. The van der Waals surface area contributed by atoms with Gasteiger partial charge in [0, 0.05) is 26.2 Å². The summed E-state index contributed by atoms with van der Waals surface area (Å²) in [6, 6.07) is 9.23. The van der Waals surface area contributed by atoms with E-state index in [2.05, 4.69) is 4.90 Å². The molecule has 2 aromatic carbocycles. The number of nitrogens with two attached hydrogens (primary N) is 1. The fraction of sp³-hybridized carbons (Fsp3) is 0.278. The fourth-order valence-electron chi connectivity index (χ4n) is 3.14. The molecule has 0 atom stereocenters. The molecule has 9 heteroatoms. The van der Waals surface area contributed by atoms with Crippen molar-refractivity contribution in [1.82, 2.24) is 4.90 Å². The number of nitro benzene ring substituents is 1. The molecule has 0 unspecified atom stereocenters. The van der Waals surface area contributed by atoms with Gasteiger partial charge in [-0.1, -0.05) is 12.1 Å². The highest BCUT2D eigenvalue weighted by atomic mass is 19.1. The lowest BCUT2D eigenvalue weighted by Gasteiger charge is -2.36. The molecule has 1 amide bonds. The maximum absolute atomic E-state index is 13.7. The van der Waals surface area contributed by atoms with Gasteiger partial charge in [0.05, 0.1) is 29.4 Å². The van der Waals surface area contributed by atoms with Gasteiger partial charge in [0.1, 0.15) is 17.3 Å². The molecule has 1 saturated heterocycles. The molecular formula is C18H19FN4O4. The number of nitro groups is 1. The van der Waals surface area contributed by atoms with Crippen LogP contribution in [-0.4, -0.2) is 49.0 Å². The van der Waals surface area contributed by atoms with Crippen LogP contribution in [0, 0.1) is 15.9 Å². The highest BCUT2D eigenvalue weighted by Crippen LogP contribution is 2.30. The van der Waals surface area contributed by atoms with E-state index in [1.807, 2.05) is 24.3 Å². The summed E-state index contributed by atoms with van der Waals surface area (Å²) in [5, 5.41) is 11.0. The molecule has 1 aliphatic heterocycles. The topological polar surface area (TPSA) is 102 Å². The monoisotopic (exact) mass is 374 g/mol. The number of benzene rings is 2. The second-order valence-electron chi connectivity index (χ2n) is 6.09. The second-order valence-corrected chi connectivity index (χ2v) is 6.09. The number of hydrogen-bond acceptors (Lipinski definition) is 6. The van der Waals surface area contributed by atoms with Gasteiger partial charge in [0.2, 0.25) is 0 Å². The van der Waals surface area contributed by atoms with Crippen LogP contribution in [-0.2, 0) is 0 Å². The molecule has 3 rings (SSSR count). The third-order valence-electron chi connectivity index (χ3n) is 4.54. The van der Waals surface area contributed by atoms with E-state index in [0.717, 1.165) is 17.5 Å². The van der Waals surface area contributed by atoms with E-state index >= 15 is 0 Å². The van der Waals surface area contributed by atoms with Gasteiger partial charge in [-0.15, -0.1) is 0 Å². The van der Waals surface area contributed by atoms with E-state index in [9.17, 15) is 19.3 Å². The van der Waals surface area contributed by atoms with Crippen molar-refractivity contribution in [2.75, 3.05) is 43.9 Å². The third-order valence-corrected chi connectivity index (χ3v) is 4.54. The normalized spacial score (nSPS) is 14.1. The van der Waals surface area contributed by atoms with Crippen LogP contribution in [0.25, 0.3) is 0 Å². The van der Waals surface area contributed by atoms with Gasteiger partial charge < -0.3 is 20.3 Å². The number of nitrogen functional groups attached to an aromatic ring is 1. The molecule has 2 aromatic rings. The van der Waals surface area contributed by atoms with Crippen LogP contribution in [0.5, 0.6) is 5.75 Å². The van der Waals surface area contributed by atoms with Crippen LogP contribution < -0.4 is 15.4 Å². The SMILES string of the molecule is COc1ccccc1N1CCN(C(=O)c2cc(F)cc([N+](=O)[O-])c2N)CC1. The van der Waals surface area contributed by atoms with Gasteiger partial charge >= 0.3 is 0 Å². The van der Waals surface area contributed by atoms with Gasteiger partial charge in [0.15, 0.2) is 0 Å². The number of anilines is 2. The molecule has 0 aromatic heterocycles.